The number of hydrogen-bond donors (Lipinski definition) is 0. The Morgan fingerprint density at radius 3 is 2.52 bits per heavy atom. The first-order chi connectivity index (χ1) is 12.0. The number of amides is 1. The van der Waals surface area contributed by atoms with E-state index >= 15 is 0 Å². The average Bonchev–Trinajstić information content (AvgIpc) is 2.94. The number of morpholine rings is 1. The number of nitrogens with zero attached hydrogens (tertiary/aromatic N) is 2. The van der Waals surface area contributed by atoms with Crippen molar-refractivity contribution in [2.75, 3.05) is 27.3 Å². The van der Waals surface area contributed by atoms with Gasteiger partial charge in [-0.1, -0.05) is 6.07 Å². The lowest BCUT2D eigenvalue weighted by atomic mass is 10.2. The van der Waals surface area contributed by atoms with Crippen LogP contribution in [0.4, 0.5) is 0 Å². The lowest BCUT2D eigenvalue weighted by Gasteiger charge is -2.35. The molecule has 3 rings (SSSR count). The maximum Gasteiger partial charge on any atom is 0.286 e. The van der Waals surface area contributed by atoms with E-state index in [0.717, 1.165) is 23.8 Å². The van der Waals surface area contributed by atoms with Crippen molar-refractivity contribution in [2.45, 2.75) is 26.1 Å². The number of rotatable bonds is 3. The summed E-state index contributed by atoms with van der Waals surface area (Å²) < 4.78 is 16.3. The summed E-state index contributed by atoms with van der Waals surface area (Å²) in [6.45, 7) is 5.55. The van der Waals surface area contributed by atoms with Gasteiger partial charge in [0.1, 0.15) is 0 Å². The maximum atomic E-state index is 12.3. The zero-order valence-corrected chi connectivity index (χ0v) is 15.6. The minimum absolute atomic E-state index is 0.126. The molecule has 1 saturated heterocycles. The Balaban J connectivity index is 1.77. The summed E-state index contributed by atoms with van der Waals surface area (Å²) in [5.74, 6) is 1.08. The van der Waals surface area contributed by atoms with Crippen molar-refractivity contribution in [1.29, 1.82) is 0 Å². The van der Waals surface area contributed by atoms with Gasteiger partial charge in [-0.15, -0.1) is 0 Å². The van der Waals surface area contributed by atoms with E-state index in [1.807, 2.05) is 38.1 Å². The molecular formula is C18H22N2O4S. The number of benzene rings is 1. The van der Waals surface area contributed by atoms with Crippen molar-refractivity contribution in [3.63, 3.8) is 0 Å². The van der Waals surface area contributed by atoms with E-state index in [9.17, 15) is 4.79 Å². The summed E-state index contributed by atoms with van der Waals surface area (Å²) in [5.41, 5.74) is 0.869. The van der Waals surface area contributed by atoms with Crippen LogP contribution in [0, 0.1) is 0 Å². The third-order valence-corrected chi connectivity index (χ3v) is 5.05. The van der Waals surface area contributed by atoms with Crippen molar-refractivity contribution in [3.8, 4) is 11.5 Å². The second-order valence-corrected chi connectivity index (χ2v) is 7.10. The van der Waals surface area contributed by atoms with Gasteiger partial charge in [0.2, 0.25) is 0 Å². The van der Waals surface area contributed by atoms with Gasteiger partial charge in [-0.25, -0.2) is 0 Å². The molecule has 1 aromatic rings. The molecule has 0 spiro atoms. The van der Waals surface area contributed by atoms with E-state index in [-0.39, 0.29) is 18.1 Å². The van der Waals surface area contributed by atoms with Crippen LogP contribution in [0.25, 0.3) is 6.08 Å². The fourth-order valence-corrected chi connectivity index (χ4v) is 3.89. The molecule has 7 heteroatoms. The fourth-order valence-electron chi connectivity index (χ4n) is 2.96. The first-order valence-corrected chi connectivity index (χ1v) is 8.96. The van der Waals surface area contributed by atoms with Crippen LogP contribution in [-0.2, 0) is 9.53 Å². The zero-order chi connectivity index (χ0) is 18.0. The van der Waals surface area contributed by atoms with Crippen molar-refractivity contribution in [2.24, 2.45) is 4.99 Å². The Kier molecular flexibility index (Phi) is 5.34. The Hall–Kier alpha value is -1.99. The van der Waals surface area contributed by atoms with Gasteiger partial charge in [0.05, 0.1) is 31.3 Å². The van der Waals surface area contributed by atoms with Crippen LogP contribution in [0.1, 0.15) is 19.4 Å². The van der Waals surface area contributed by atoms with Crippen LogP contribution < -0.4 is 9.47 Å². The third kappa shape index (κ3) is 3.99. The second kappa shape index (κ2) is 7.49. The Morgan fingerprint density at radius 1 is 1.20 bits per heavy atom. The molecule has 0 radical (unpaired) electrons. The van der Waals surface area contributed by atoms with Gasteiger partial charge in [-0.2, -0.15) is 4.99 Å². The molecule has 1 fully saturated rings. The predicted octanol–water partition coefficient (Wildman–Crippen LogP) is 2.78. The molecule has 0 saturated carbocycles. The van der Waals surface area contributed by atoms with Crippen LogP contribution >= 0.6 is 11.8 Å². The number of amidine groups is 1. The number of methoxy groups -OCH3 is 2. The molecule has 6 nitrogen and oxygen atoms in total. The normalized spacial score (nSPS) is 25.3. The Bertz CT molecular complexity index is 722. The molecule has 0 N–H and O–H groups in total. The molecule has 2 atom stereocenters. The Morgan fingerprint density at radius 2 is 1.88 bits per heavy atom. The molecule has 0 bridgehead atoms. The summed E-state index contributed by atoms with van der Waals surface area (Å²) >= 11 is 1.41. The van der Waals surface area contributed by atoms with E-state index in [0.29, 0.717) is 16.4 Å². The number of aliphatic imine (C=N–C) groups is 1. The van der Waals surface area contributed by atoms with Crippen LogP contribution in [0.2, 0.25) is 0 Å². The minimum Gasteiger partial charge on any atom is -0.493 e. The van der Waals surface area contributed by atoms with E-state index in [4.69, 9.17) is 14.2 Å². The first-order valence-electron chi connectivity index (χ1n) is 8.15. The molecule has 2 heterocycles. The van der Waals surface area contributed by atoms with Crippen molar-refractivity contribution >= 4 is 28.9 Å². The monoisotopic (exact) mass is 362 g/mol. The molecule has 134 valence electrons. The molecule has 1 amide bonds. The zero-order valence-electron chi connectivity index (χ0n) is 14.8. The molecule has 2 aliphatic heterocycles. The summed E-state index contributed by atoms with van der Waals surface area (Å²) in [7, 11) is 3.18. The van der Waals surface area contributed by atoms with Gasteiger partial charge in [0, 0.05) is 13.1 Å². The first kappa shape index (κ1) is 17.8. The number of thioether (sulfide) groups is 1. The molecule has 1 aromatic carbocycles. The second-order valence-electron chi connectivity index (χ2n) is 6.09. The predicted molar refractivity (Wildman–Crippen MR) is 99.1 cm³/mol. The van der Waals surface area contributed by atoms with Gasteiger partial charge in [0.25, 0.3) is 5.91 Å². The van der Waals surface area contributed by atoms with Crippen molar-refractivity contribution < 1.29 is 19.0 Å². The molecular weight excluding hydrogens is 340 g/mol. The lowest BCUT2D eigenvalue weighted by Crippen LogP contribution is -2.47. The highest BCUT2D eigenvalue weighted by Gasteiger charge is 2.31. The molecule has 0 aliphatic carbocycles. The van der Waals surface area contributed by atoms with Crippen LogP contribution in [0.3, 0.4) is 0 Å². The quantitative estimate of drug-likeness (QED) is 0.771. The highest BCUT2D eigenvalue weighted by molar-refractivity contribution is 8.18. The van der Waals surface area contributed by atoms with Gasteiger partial charge in [-0.05, 0) is 49.4 Å². The molecule has 25 heavy (non-hydrogen) atoms. The minimum atomic E-state index is -0.207. The fraction of sp³-hybridized carbons (Fsp3) is 0.444. The van der Waals surface area contributed by atoms with Crippen LogP contribution in [0.5, 0.6) is 11.5 Å². The molecule has 2 unspecified atom stereocenters. The lowest BCUT2D eigenvalue weighted by molar-refractivity contribution is -0.113. The molecule has 2 aliphatic rings. The summed E-state index contributed by atoms with van der Waals surface area (Å²) in [6.07, 6.45) is 2.08. The van der Waals surface area contributed by atoms with E-state index in [2.05, 4.69) is 9.89 Å². The van der Waals surface area contributed by atoms with Crippen molar-refractivity contribution in [1.82, 2.24) is 4.90 Å². The summed E-state index contributed by atoms with van der Waals surface area (Å²) in [6, 6.07) is 5.55. The van der Waals surface area contributed by atoms with Gasteiger partial charge in [-0.3, -0.25) is 4.79 Å². The highest BCUT2D eigenvalue weighted by atomic mass is 32.2. The van der Waals surface area contributed by atoms with Gasteiger partial charge >= 0.3 is 0 Å². The maximum absolute atomic E-state index is 12.3. The van der Waals surface area contributed by atoms with Crippen LogP contribution in [-0.4, -0.2) is 55.5 Å². The summed E-state index contributed by atoms with van der Waals surface area (Å²) in [5, 5.41) is 0.749. The van der Waals surface area contributed by atoms with E-state index < -0.39 is 0 Å². The topological polar surface area (TPSA) is 60.4 Å². The molecule has 0 aromatic heterocycles. The standard InChI is InChI=1S/C18H22N2O4S/c1-11-9-20(10-12(2)24-11)18-19-17(21)16(25-18)8-13-5-6-14(22-3)15(7-13)23-4/h5-8,11-12H,9-10H2,1-4H3/b16-8+. The van der Waals surface area contributed by atoms with Crippen LogP contribution in [0.15, 0.2) is 28.1 Å². The van der Waals surface area contributed by atoms with Gasteiger partial charge in [0.15, 0.2) is 16.7 Å². The van der Waals surface area contributed by atoms with E-state index in [1.54, 1.807) is 14.2 Å². The van der Waals surface area contributed by atoms with Gasteiger partial charge < -0.3 is 19.1 Å². The number of hydrogen-bond acceptors (Lipinski definition) is 6. The smallest absolute Gasteiger partial charge is 0.286 e. The largest absolute Gasteiger partial charge is 0.493 e. The third-order valence-electron chi connectivity index (χ3n) is 4.00. The number of ether oxygens (including phenoxy) is 3. The average molecular weight is 362 g/mol. The number of carbonyl (C=O) groups is 1. The van der Waals surface area contributed by atoms with E-state index in [1.165, 1.54) is 11.8 Å². The Labute approximate surface area is 151 Å². The SMILES string of the molecule is COc1ccc(/C=C2/SC(N3CC(C)OC(C)C3)=NC2=O)cc1OC. The number of carbonyl (C=O) groups excluding carboxylic acids is 1. The van der Waals surface area contributed by atoms with Crippen molar-refractivity contribution in [3.05, 3.63) is 28.7 Å². The highest BCUT2D eigenvalue weighted by Crippen LogP contribution is 2.33. The summed E-state index contributed by atoms with van der Waals surface area (Å²) in [4.78, 5) is 19.2.